The lowest BCUT2D eigenvalue weighted by Crippen LogP contribution is -2.28. The zero-order valence-electron chi connectivity index (χ0n) is 17.5. The Labute approximate surface area is 196 Å². The molecule has 1 amide bonds. The summed E-state index contributed by atoms with van der Waals surface area (Å²) >= 11 is 3.14. The van der Waals surface area contributed by atoms with Gasteiger partial charge in [0.25, 0.3) is 11.5 Å². The maximum absolute atomic E-state index is 14.0. The molecule has 1 heterocycles. The number of fused-ring (bicyclic) bond motifs is 1. The van der Waals surface area contributed by atoms with Crippen molar-refractivity contribution in [1.82, 2.24) is 4.57 Å². The van der Waals surface area contributed by atoms with Crippen molar-refractivity contribution in [3.8, 4) is 11.1 Å². The van der Waals surface area contributed by atoms with Gasteiger partial charge in [0.05, 0.1) is 5.69 Å². The second-order valence-corrected chi connectivity index (χ2v) is 8.16. The van der Waals surface area contributed by atoms with E-state index in [-0.39, 0.29) is 16.9 Å². The summed E-state index contributed by atoms with van der Waals surface area (Å²) < 4.78 is 20.9. The standard InChI is InChI=1S/C25H18BrFN2O4/c1-29-23(25(32)33-14-21(30)28-20-12-11-16(26)13-19(20)27)22(15-7-3-2-4-8-15)17-9-5-6-10-18(17)24(29)31/h2-13H,14H2,1H3,(H,28,30). The van der Waals surface area contributed by atoms with Gasteiger partial charge in [-0.3, -0.25) is 9.59 Å². The average Bonchev–Trinajstić information content (AvgIpc) is 2.82. The number of aromatic nitrogens is 1. The number of carbonyl (C=O) groups excluding carboxylic acids is 2. The van der Waals surface area contributed by atoms with Crippen molar-refractivity contribution in [2.75, 3.05) is 11.9 Å². The van der Waals surface area contributed by atoms with Gasteiger partial charge < -0.3 is 14.6 Å². The van der Waals surface area contributed by atoms with E-state index in [1.807, 2.05) is 30.3 Å². The first kappa shape index (κ1) is 22.4. The van der Waals surface area contributed by atoms with E-state index in [0.717, 1.165) is 5.56 Å². The SMILES string of the molecule is Cn1c(C(=O)OCC(=O)Nc2ccc(Br)cc2F)c(-c2ccccc2)c2ccccc2c1=O. The third-order valence-corrected chi connectivity index (χ3v) is 5.59. The Kier molecular flexibility index (Phi) is 6.37. The van der Waals surface area contributed by atoms with Crippen LogP contribution in [0, 0.1) is 5.82 Å². The molecule has 1 aromatic heterocycles. The number of halogens is 2. The Hall–Kier alpha value is -3.78. The van der Waals surface area contributed by atoms with Gasteiger partial charge in [0.1, 0.15) is 11.5 Å². The summed E-state index contributed by atoms with van der Waals surface area (Å²) in [5.74, 6) is -2.19. The Bertz CT molecular complexity index is 1430. The third-order valence-electron chi connectivity index (χ3n) is 5.10. The molecule has 0 aliphatic rings. The maximum atomic E-state index is 14.0. The predicted octanol–water partition coefficient (Wildman–Crippen LogP) is 4.90. The molecule has 0 aliphatic carbocycles. The van der Waals surface area contributed by atoms with Crippen LogP contribution < -0.4 is 10.9 Å². The highest BCUT2D eigenvalue weighted by Gasteiger charge is 2.23. The van der Waals surface area contributed by atoms with Crippen LogP contribution in [0.4, 0.5) is 10.1 Å². The van der Waals surface area contributed by atoms with E-state index in [4.69, 9.17) is 4.74 Å². The smallest absolute Gasteiger partial charge is 0.356 e. The number of amides is 1. The molecule has 0 spiro atoms. The van der Waals surface area contributed by atoms with Crippen LogP contribution in [0.1, 0.15) is 10.5 Å². The molecule has 4 aromatic rings. The lowest BCUT2D eigenvalue weighted by atomic mass is 9.97. The van der Waals surface area contributed by atoms with Gasteiger partial charge in [0, 0.05) is 22.5 Å². The quantitative estimate of drug-likeness (QED) is 0.389. The first-order chi connectivity index (χ1) is 15.9. The molecule has 3 aromatic carbocycles. The molecule has 8 heteroatoms. The molecule has 4 rings (SSSR count). The van der Waals surface area contributed by atoms with E-state index in [2.05, 4.69) is 21.2 Å². The summed E-state index contributed by atoms with van der Waals surface area (Å²) in [5, 5.41) is 3.42. The Morgan fingerprint density at radius 2 is 1.67 bits per heavy atom. The minimum absolute atomic E-state index is 0.0209. The normalized spacial score (nSPS) is 10.8. The zero-order chi connectivity index (χ0) is 23.5. The first-order valence-corrected chi connectivity index (χ1v) is 10.8. The number of ether oxygens (including phenoxy) is 1. The van der Waals surface area contributed by atoms with E-state index < -0.39 is 24.3 Å². The van der Waals surface area contributed by atoms with Crippen molar-refractivity contribution in [3.05, 3.63) is 99.1 Å². The summed E-state index contributed by atoms with van der Waals surface area (Å²) in [6.45, 7) is -0.649. The number of benzene rings is 3. The number of carbonyl (C=O) groups is 2. The molecule has 1 N–H and O–H groups in total. The number of nitrogens with zero attached hydrogens (tertiary/aromatic N) is 1. The van der Waals surface area contributed by atoms with Gasteiger partial charge in [-0.25, -0.2) is 9.18 Å². The van der Waals surface area contributed by atoms with Crippen LogP contribution in [0.5, 0.6) is 0 Å². The largest absolute Gasteiger partial charge is 0.451 e. The number of pyridine rings is 1. The third kappa shape index (κ3) is 4.56. The molecule has 0 saturated heterocycles. The van der Waals surface area contributed by atoms with E-state index in [0.29, 0.717) is 20.8 Å². The van der Waals surface area contributed by atoms with Gasteiger partial charge in [0.15, 0.2) is 6.61 Å². The van der Waals surface area contributed by atoms with Gasteiger partial charge in [-0.05, 0) is 35.2 Å². The van der Waals surface area contributed by atoms with Crippen LogP contribution in [-0.2, 0) is 16.6 Å². The highest BCUT2D eigenvalue weighted by Crippen LogP contribution is 2.30. The van der Waals surface area contributed by atoms with E-state index in [1.54, 1.807) is 30.3 Å². The fraction of sp³-hybridized carbons (Fsp3) is 0.0800. The molecule has 0 fully saturated rings. The lowest BCUT2D eigenvalue weighted by Gasteiger charge is -2.16. The Balaban J connectivity index is 1.67. The van der Waals surface area contributed by atoms with Crippen LogP contribution in [0.3, 0.4) is 0 Å². The van der Waals surface area contributed by atoms with Crippen molar-refractivity contribution < 1.29 is 18.7 Å². The Morgan fingerprint density at radius 3 is 2.36 bits per heavy atom. The number of hydrogen-bond donors (Lipinski definition) is 1. The molecule has 0 saturated carbocycles. The second-order valence-electron chi connectivity index (χ2n) is 7.25. The minimum Gasteiger partial charge on any atom is -0.451 e. The molecule has 0 bridgehead atoms. The van der Waals surface area contributed by atoms with Gasteiger partial charge >= 0.3 is 5.97 Å². The van der Waals surface area contributed by atoms with Crippen molar-refractivity contribution in [3.63, 3.8) is 0 Å². The van der Waals surface area contributed by atoms with E-state index >= 15 is 0 Å². The van der Waals surface area contributed by atoms with Crippen LogP contribution in [0.2, 0.25) is 0 Å². The van der Waals surface area contributed by atoms with Crippen molar-refractivity contribution in [2.24, 2.45) is 7.05 Å². The highest BCUT2D eigenvalue weighted by molar-refractivity contribution is 9.10. The number of esters is 1. The average molecular weight is 509 g/mol. The summed E-state index contributed by atoms with van der Waals surface area (Å²) in [6, 6.07) is 20.3. The molecule has 0 atom stereocenters. The van der Waals surface area contributed by atoms with E-state index in [9.17, 15) is 18.8 Å². The maximum Gasteiger partial charge on any atom is 0.356 e. The molecular weight excluding hydrogens is 491 g/mol. The van der Waals surface area contributed by atoms with Crippen LogP contribution >= 0.6 is 15.9 Å². The van der Waals surface area contributed by atoms with Crippen molar-refractivity contribution in [1.29, 1.82) is 0 Å². The predicted molar refractivity (Wildman–Crippen MR) is 128 cm³/mol. The fourth-order valence-electron chi connectivity index (χ4n) is 3.58. The van der Waals surface area contributed by atoms with Crippen LogP contribution in [-0.4, -0.2) is 23.1 Å². The highest BCUT2D eigenvalue weighted by atomic mass is 79.9. The summed E-state index contributed by atoms with van der Waals surface area (Å²) in [7, 11) is 1.48. The summed E-state index contributed by atoms with van der Waals surface area (Å²) in [5.41, 5.74) is 0.865. The molecule has 6 nitrogen and oxygen atoms in total. The van der Waals surface area contributed by atoms with Crippen LogP contribution in [0.15, 0.2) is 82.1 Å². The topological polar surface area (TPSA) is 77.4 Å². The van der Waals surface area contributed by atoms with Crippen LogP contribution in [0.25, 0.3) is 21.9 Å². The van der Waals surface area contributed by atoms with Gasteiger partial charge in [0.2, 0.25) is 0 Å². The summed E-state index contributed by atoms with van der Waals surface area (Å²) in [4.78, 5) is 38.3. The monoisotopic (exact) mass is 508 g/mol. The second kappa shape index (κ2) is 9.38. The molecule has 0 aliphatic heterocycles. The zero-order valence-corrected chi connectivity index (χ0v) is 19.1. The van der Waals surface area contributed by atoms with Gasteiger partial charge in [-0.2, -0.15) is 0 Å². The fourth-order valence-corrected chi connectivity index (χ4v) is 3.91. The number of rotatable bonds is 5. The Morgan fingerprint density at radius 1 is 1.00 bits per heavy atom. The van der Waals surface area contributed by atoms with Crippen molar-refractivity contribution in [2.45, 2.75) is 0 Å². The van der Waals surface area contributed by atoms with Gasteiger partial charge in [-0.1, -0.05) is 64.5 Å². The number of hydrogen-bond acceptors (Lipinski definition) is 4. The van der Waals surface area contributed by atoms with Gasteiger partial charge in [-0.15, -0.1) is 0 Å². The number of anilines is 1. The first-order valence-electron chi connectivity index (χ1n) is 9.96. The molecule has 0 unspecified atom stereocenters. The van der Waals surface area contributed by atoms with Crippen molar-refractivity contribution >= 4 is 44.3 Å². The van der Waals surface area contributed by atoms with E-state index in [1.165, 1.54) is 23.7 Å². The molecular formula is C25H18BrFN2O4. The molecule has 33 heavy (non-hydrogen) atoms. The molecule has 0 radical (unpaired) electrons. The summed E-state index contributed by atoms with van der Waals surface area (Å²) in [6.07, 6.45) is 0. The lowest BCUT2D eigenvalue weighted by molar-refractivity contribution is -0.119. The minimum atomic E-state index is -0.842. The number of nitrogens with one attached hydrogen (secondary N) is 1. The molecule has 166 valence electrons.